The summed E-state index contributed by atoms with van der Waals surface area (Å²) in [6, 6.07) is 49.8. The molecular formula is C39H24N4O. The first-order valence-corrected chi connectivity index (χ1v) is 14.6. The molecular weight excluding hydrogens is 540 g/mol. The summed E-state index contributed by atoms with van der Waals surface area (Å²) in [5, 5.41) is 4.42. The average molecular weight is 565 g/mol. The molecule has 0 saturated carbocycles. The molecule has 44 heavy (non-hydrogen) atoms. The van der Waals surface area contributed by atoms with Crippen molar-refractivity contribution < 1.29 is 4.42 Å². The number of fused-ring (bicyclic) bond motifs is 6. The van der Waals surface area contributed by atoms with Gasteiger partial charge in [0.2, 0.25) is 5.95 Å². The average Bonchev–Trinajstić information content (AvgIpc) is 3.62. The third-order valence-corrected chi connectivity index (χ3v) is 8.26. The van der Waals surface area contributed by atoms with Crippen molar-refractivity contribution in [3.05, 3.63) is 146 Å². The molecule has 0 amide bonds. The van der Waals surface area contributed by atoms with Crippen LogP contribution in [0.1, 0.15) is 0 Å². The molecule has 5 heteroatoms. The van der Waals surface area contributed by atoms with Crippen molar-refractivity contribution >= 4 is 43.7 Å². The van der Waals surface area contributed by atoms with Gasteiger partial charge < -0.3 is 4.42 Å². The molecule has 3 heterocycles. The minimum absolute atomic E-state index is 0.561. The van der Waals surface area contributed by atoms with Crippen LogP contribution in [0.5, 0.6) is 0 Å². The lowest BCUT2D eigenvalue weighted by molar-refractivity contribution is 0.669. The largest absolute Gasteiger partial charge is 0.456 e. The van der Waals surface area contributed by atoms with Crippen LogP contribution in [0.2, 0.25) is 0 Å². The second-order valence-corrected chi connectivity index (χ2v) is 10.9. The van der Waals surface area contributed by atoms with E-state index in [-0.39, 0.29) is 0 Å². The minimum Gasteiger partial charge on any atom is -0.456 e. The Morgan fingerprint density at radius 3 is 1.66 bits per heavy atom. The zero-order valence-electron chi connectivity index (χ0n) is 23.6. The zero-order valence-corrected chi connectivity index (χ0v) is 23.6. The van der Waals surface area contributed by atoms with E-state index in [0.717, 1.165) is 60.4 Å². The number of nitrogens with zero attached hydrogens (tertiary/aromatic N) is 4. The molecule has 0 aliphatic heterocycles. The third-order valence-electron chi connectivity index (χ3n) is 8.26. The molecule has 3 aromatic heterocycles. The Morgan fingerprint density at radius 1 is 0.386 bits per heavy atom. The highest BCUT2D eigenvalue weighted by atomic mass is 16.3. The van der Waals surface area contributed by atoms with Crippen LogP contribution >= 0.6 is 0 Å². The predicted molar refractivity (Wildman–Crippen MR) is 178 cm³/mol. The Hall–Kier alpha value is -6.07. The smallest absolute Gasteiger partial charge is 0.238 e. The molecule has 0 bridgehead atoms. The fourth-order valence-electron chi connectivity index (χ4n) is 6.16. The van der Waals surface area contributed by atoms with Crippen LogP contribution in [-0.4, -0.2) is 19.5 Å². The molecule has 0 saturated heterocycles. The van der Waals surface area contributed by atoms with Gasteiger partial charge in [0, 0.05) is 38.7 Å². The van der Waals surface area contributed by atoms with E-state index in [1.165, 1.54) is 5.56 Å². The van der Waals surface area contributed by atoms with Crippen molar-refractivity contribution in [1.82, 2.24) is 19.5 Å². The molecule has 0 aliphatic carbocycles. The molecule has 9 aromatic rings. The lowest BCUT2D eigenvalue weighted by Gasteiger charge is -2.10. The van der Waals surface area contributed by atoms with Crippen molar-refractivity contribution in [2.45, 2.75) is 0 Å². The van der Waals surface area contributed by atoms with Gasteiger partial charge in [0.1, 0.15) is 11.2 Å². The van der Waals surface area contributed by atoms with Crippen molar-refractivity contribution in [3.63, 3.8) is 0 Å². The fraction of sp³-hybridized carbons (Fsp3) is 0. The van der Waals surface area contributed by atoms with E-state index >= 15 is 0 Å². The van der Waals surface area contributed by atoms with Crippen molar-refractivity contribution in [1.29, 1.82) is 0 Å². The Balaban J connectivity index is 1.33. The molecule has 0 N–H and O–H groups in total. The SMILES string of the molecule is c1ccc(-c2ccc3oc4cc5c(cc4c3c2)c2ccccc2n5-c2nc(-c3ccccc3)nc(-c3ccccc3)n2)cc1. The van der Waals surface area contributed by atoms with Crippen molar-refractivity contribution in [3.8, 4) is 39.9 Å². The van der Waals surface area contributed by atoms with Gasteiger partial charge >= 0.3 is 0 Å². The summed E-state index contributed by atoms with van der Waals surface area (Å²) in [4.78, 5) is 15.0. The molecule has 6 aromatic carbocycles. The first-order valence-electron chi connectivity index (χ1n) is 14.6. The zero-order chi connectivity index (χ0) is 29.0. The topological polar surface area (TPSA) is 56.7 Å². The van der Waals surface area contributed by atoms with Gasteiger partial charge in [-0.2, -0.15) is 9.97 Å². The molecule has 0 atom stereocenters. The van der Waals surface area contributed by atoms with E-state index in [9.17, 15) is 0 Å². The molecule has 5 nitrogen and oxygen atoms in total. The van der Waals surface area contributed by atoms with Gasteiger partial charge in [-0.25, -0.2) is 4.98 Å². The van der Waals surface area contributed by atoms with Crippen LogP contribution in [0.3, 0.4) is 0 Å². The van der Waals surface area contributed by atoms with E-state index in [0.29, 0.717) is 17.6 Å². The summed E-state index contributed by atoms with van der Waals surface area (Å²) < 4.78 is 8.59. The van der Waals surface area contributed by atoms with Gasteiger partial charge in [0.15, 0.2) is 11.6 Å². The molecule has 9 rings (SSSR count). The quantitative estimate of drug-likeness (QED) is 0.213. The fourth-order valence-corrected chi connectivity index (χ4v) is 6.16. The summed E-state index contributed by atoms with van der Waals surface area (Å²) >= 11 is 0. The highest BCUT2D eigenvalue weighted by molar-refractivity contribution is 6.17. The number of hydrogen-bond acceptors (Lipinski definition) is 4. The highest BCUT2D eigenvalue weighted by Gasteiger charge is 2.20. The molecule has 0 spiro atoms. The van der Waals surface area contributed by atoms with E-state index < -0.39 is 0 Å². The van der Waals surface area contributed by atoms with Gasteiger partial charge in [0.25, 0.3) is 0 Å². The number of benzene rings is 6. The van der Waals surface area contributed by atoms with Crippen LogP contribution < -0.4 is 0 Å². The summed E-state index contributed by atoms with van der Waals surface area (Å²) in [6.45, 7) is 0. The van der Waals surface area contributed by atoms with Gasteiger partial charge in [-0.3, -0.25) is 4.57 Å². The minimum atomic E-state index is 0.561. The van der Waals surface area contributed by atoms with E-state index in [2.05, 4.69) is 83.4 Å². The number of furan rings is 1. The highest BCUT2D eigenvalue weighted by Crippen LogP contribution is 2.39. The van der Waals surface area contributed by atoms with Crippen LogP contribution in [-0.2, 0) is 0 Å². The first kappa shape index (κ1) is 24.5. The van der Waals surface area contributed by atoms with E-state index in [1.807, 2.05) is 66.7 Å². The summed E-state index contributed by atoms with van der Waals surface area (Å²) in [5.41, 5.74) is 7.89. The lowest BCUT2D eigenvalue weighted by Crippen LogP contribution is -2.06. The van der Waals surface area contributed by atoms with Crippen molar-refractivity contribution in [2.24, 2.45) is 0 Å². The second-order valence-electron chi connectivity index (χ2n) is 10.9. The molecule has 0 unspecified atom stereocenters. The Kier molecular flexibility index (Phi) is 5.43. The number of para-hydroxylation sites is 1. The Morgan fingerprint density at radius 2 is 0.977 bits per heavy atom. The maximum absolute atomic E-state index is 6.46. The number of rotatable bonds is 4. The monoisotopic (exact) mass is 564 g/mol. The second kappa shape index (κ2) is 9.75. The maximum Gasteiger partial charge on any atom is 0.238 e. The Labute approximate surface area is 252 Å². The number of hydrogen-bond donors (Lipinski definition) is 0. The molecule has 0 aliphatic rings. The summed E-state index contributed by atoms with van der Waals surface area (Å²) in [7, 11) is 0. The van der Waals surface area contributed by atoms with Crippen LogP contribution in [0.15, 0.2) is 150 Å². The van der Waals surface area contributed by atoms with Gasteiger partial charge in [0.05, 0.1) is 11.0 Å². The molecule has 206 valence electrons. The van der Waals surface area contributed by atoms with Gasteiger partial charge in [-0.1, -0.05) is 115 Å². The molecule has 0 fully saturated rings. The third kappa shape index (κ3) is 3.91. The standard InChI is InChI=1S/C39H24N4O/c1-4-12-25(13-5-1)28-20-21-35-31(22-28)32-23-30-29-18-10-11-19-33(29)43(34(30)24-36(32)44-35)39-41-37(26-14-6-2-7-15-26)40-38(42-39)27-16-8-3-9-17-27/h1-24H. The van der Waals surface area contributed by atoms with Crippen molar-refractivity contribution in [2.75, 3.05) is 0 Å². The van der Waals surface area contributed by atoms with Gasteiger partial charge in [-0.15, -0.1) is 0 Å². The lowest BCUT2D eigenvalue weighted by atomic mass is 10.0. The van der Waals surface area contributed by atoms with Crippen LogP contribution in [0.4, 0.5) is 0 Å². The normalized spacial score (nSPS) is 11.6. The summed E-state index contributed by atoms with van der Waals surface area (Å²) in [6.07, 6.45) is 0. The number of aromatic nitrogens is 4. The van der Waals surface area contributed by atoms with Crippen LogP contribution in [0.25, 0.3) is 83.6 Å². The van der Waals surface area contributed by atoms with Gasteiger partial charge in [-0.05, 0) is 35.4 Å². The van der Waals surface area contributed by atoms with Crippen LogP contribution in [0, 0.1) is 0 Å². The maximum atomic E-state index is 6.46. The predicted octanol–water partition coefficient (Wildman–Crippen LogP) is 9.87. The summed E-state index contributed by atoms with van der Waals surface area (Å²) in [5.74, 6) is 1.81. The van der Waals surface area contributed by atoms with E-state index in [4.69, 9.17) is 19.4 Å². The molecule has 0 radical (unpaired) electrons. The van der Waals surface area contributed by atoms with E-state index in [1.54, 1.807) is 0 Å². The first-order chi connectivity index (χ1) is 21.8. The Bertz CT molecular complexity index is 2420.